The second-order valence-corrected chi connectivity index (χ2v) is 3.67. The van der Waals surface area contributed by atoms with E-state index < -0.39 is 13.3 Å². The molecule has 14 heavy (non-hydrogen) atoms. The molecule has 0 aliphatic heterocycles. The van der Waals surface area contributed by atoms with Gasteiger partial charge in [0, 0.05) is 6.54 Å². The van der Waals surface area contributed by atoms with Gasteiger partial charge in [-0.15, -0.1) is 0 Å². The maximum absolute atomic E-state index is 12.1. The van der Waals surface area contributed by atoms with Crippen molar-refractivity contribution in [3.05, 3.63) is 12.2 Å². The molecule has 0 atom stereocenters. The molecule has 0 radical (unpaired) electrons. The van der Waals surface area contributed by atoms with Crippen LogP contribution in [0.5, 0.6) is 0 Å². The number of halogens is 3. The van der Waals surface area contributed by atoms with Gasteiger partial charge in [0.15, 0.2) is 0 Å². The molecule has 0 saturated heterocycles. The van der Waals surface area contributed by atoms with Crippen molar-refractivity contribution >= 4 is 6.98 Å². The van der Waals surface area contributed by atoms with Crippen LogP contribution in [0.1, 0.15) is 19.7 Å². The molecular formula is C7H12BF3N3-. The summed E-state index contributed by atoms with van der Waals surface area (Å²) < 4.78 is 37.7. The minimum atomic E-state index is -4.83. The molecule has 0 saturated carbocycles. The smallest absolute Gasteiger partial charge is 0.449 e. The average Bonchev–Trinajstić information content (AvgIpc) is 2.32. The average molecular weight is 206 g/mol. The van der Waals surface area contributed by atoms with Crippen LogP contribution in [0.15, 0.2) is 6.33 Å². The third-order valence-electron chi connectivity index (χ3n) is 1.65. The van der Waals surface area contributed by atoms with Crippen LogP contribution in [0, 0.1) is 5.92 Å². The Morgan fingerprint density at radius 3 is 2.57 bits per heavy atom. The van der Waals surface area contributed by atoms with Crippen LogP contribution in [-0.2, 0) is 12.9 Å². The lowest BCUT2D eigenvalue weighted by Crippen LogP contribution is -2.23. The fourth-order valence-corrected chi connectivity index (χ4v) is 1.15. The summed E-state index contributed by atoms with van der Waals surface area (Å²) in [6.07, 6.45) is 0.215. The first-order valence-corrected chi connectivity index (χ1v) is 4.46. The van der Waals surface area contributed by atoms with Crippen LogP contribution in [0.2, 0.25) is 0 Å². The van der Waals surface area contributed by atoms with Gasteiger partial charge in [0.05, 0.1) is 0 Å². The van der Waals surface area contributed by atoms with Gasteiger partial charge >= 0.3 is 6.98 Å². The first kappa shape index (κ1) is 11.1. The monoisotopic (exact) mass is 206 g/mol. The van der Waals surface area contributed by atoms with Crippen LogP contribution >= 0.6 is 0 Å². The van der Waals surface area contributed by atoms with Crippen molar-refractivity contribution in [3.63, 3.8) is 0 Å². The summed E-state index contributed by atoms with van der Waals surface area (Å²) in [6.45, 7) is -0.511. The second-order valence-electron chi connectivity index (χ2n) is 3.67. The topological polar surface area (TPSA) is 30.7 Å². The molecule has 0 bridgehead atoms. The van der Waals surface area contributed by atoms with Crippen molar-refractivity contribution in [2.24, 2.45) is 5.92 Å². The number of nitrogens with zero attached hydrogens (tertiary/aromatic N) is 3. The highest BCUT2D eigenvalue weighted by molar-refractivity contribution is 6.57. The van der Waals surface area contributed by atoms with Crippen LogP contribution in [0.4, 0.5) is 12.9 Å². The Hall–Kier alpha value is -1.01. The molecule has 1 heterocycles. The molecule has 0 amide bonds. The molecular weight excluding hydrogens is 194 g/mol. The Morgan fingerprint density at radius 2 is 2.07 bits per heavy atom. The molecule has 0 N–H and O–H groups in total. The maximum Gasteiger partial charge on any atom is 0.485 e. The van der Waals surface area contributed by atoms with Crippen molar-refractivity contribution in [1.82, 2.24) is 14.8 Å². The van der Waals surface area contributed by atoms with Crippen molar-refractivity contribution in [2.75, 3.05) is 0 Å². The van der Waals surface area contributed by atoms with Crippen LogP contribution in [0.3, 0.4) is 0 Å². The lowest BCUT2D eigenvalue weighted by Gasteiger charge is -2.14. The van der Waals surface area contributed by atoms with E-state index in [-0.39, 0.29) is 11.7 Å². The van der Waals surface area contributed by atoms with E-state index in [1.54, 1.807) is 0 Å². The van der Waals surface area contributed by atoms with Gasteiger partial charge in [0.2, 0.25) is 0 Å². The Balaban J connectivity index is 2.72. The highest BCUT2D eigenvalue weighted by atomic mass is 19.4. The molecule has 0 fully saturated rings. The van der Waals surface area contributed by atoms with E-state index in [0.717, 1.165) is 0 Å². The molecule has 1 aromatic rings. The van der Waals surface area contributed by atoms with Crippen LogP contribution in [0.25, 0.3) is 0 Å². The van der Waals surface area contributed by atoms with E-state index in [2.05, 4.69) is 10.1 Å². The van der Waals surface area contributed by atoms with Gasteiger partial charge in [0.25, 0.3) is 0 Å². The molecule has 0 aliphatic carbocycles. The zero-order valence-electron chi connectivity index (χ0n) is 8.12. The quantitative estimate of drug-likeness (QED) is 0.704. The normalized spacial score (nSPS) is 12.4. The number of hydrogen-bond acceptors (Lipinski definition) is 2. The van der Waals surface area contributed by atoms with E-state index in [1.165, 1.54) is 11.0 Å². The second kappa shape index (κ2) is 4.02. The lowest BCUT2D eigenvalue weighted by molar-refractivity contribution is 0.440. The van der Waals surface area contributed by atoms with Gasteiger partial charge in [-0.25, -0.2) is 4.98 Å². The Labute approximate surface area is 80.4 Å². The highest BCUT2D eigenvalue weighted by Crippen LogP contribution is 2.14. The number of aromatic nitrogens is 3. The van der Waals surface area contributed by atoms with E-state index in [4.69, 9.17) is 0 Å². The summed E-state index contributed by atoms with van der Waals surface area (Å²) >= 11 is 0. The zero-order chi connectivity index (χ0) is 10.8. The predicted octanol–water partition coefficient (Wildman–Crippen LogP) is 1.86. The highest BCUT2D eigenvalue weighted by Gasteiger charge is 2.26. The molecule has 0 aliphatic rings. The van der Waals surface area contributed by atoms with E-state index in [1.807, 2.05) is 13.8 Å². The minimum Gasteiger partial charge on any atom is -0.449 e. The molecule has 80 valence electrons. The lowest BCUT2D eigenvalue weighted by atomic mass is 9.86. The fraction of sp³-hybridized carbons (Fsp3) is 0.714. The van der Waals surface area contributed by atoms with Gasteiger partial charge in [-0.2, -0.15) is 5.10 Å². The largest absolute Gasteiger partial charge is 0.485 e. The Bertz CT molecular complexity index is 295. The third-order valence-corrected chi connectivity index (χ3v) is 1.65. The maximum atomic E-state index is 12.1. The molecule has 0 spiro atoms. The van der Waals surface area contributed by atoms with Crippen molar-refractivity contribution < 1.29 is 12.9 Å². The van der Waals surface area contributed by atoms with Gasteiger partial charge in [-0.3, -0.25) is 4.68 Å². The Morgan fingerprint density at radius 1 is 1.43 bits per heavy atom. The molecule has 1 aromatic heterocycles. The summed E-state index contributed by atoms with van der Waals surface area (Å²) in [5.74, 6) is 0.266. The first-order valence-electron chi connectivity index (χ1n) is 4.46. The summed E-state index contributed by atoms with van der Waals surface area (Å²) in [5, 5.41) is 3.76. The molecule has 0 aromatic carbocycles. The Kier molecular flexibility index (Phi) is 3.18. The number of hydrogen-bond donors (Lipinski definition) is 0. The summed E-state index contributed by atoms with van der Waals surface area (Å²) in [5.41, 5.74) is 0. The van der Waals surface area contributed by atoms with Crippen molar-refractivity contribution in [2.45, 2.75) is 26.7 Å². The van der Waals surface area contributed by atoms with Gasteiger partial charge in [-0.1, -0.05) is 13.8 Å². The summed E-state index contributed by atoms with van der Waals surface area (Å²) in [6, 6.07) is 0. The molecule has 3 nitrogen and oxygen atoms in total. The van der Waals surface area contributed by atoms with Gasteiger partial charge in [-0.05, 0) is 12.2 Å². The van der Waals surface area contributed by atoms with E-state index >= 15 is 0 Å². The zero-order valence-corrected chi connectivity index (χ0v) is 8.12. The van der Waals surface area contributed by atoms with E-state index in [9.17, 15) is 12.9 Å². The molecule has 1 rings (SSSR count). The summed E-state index contributed by atoms with van der Waals surface area (Å²) in [4.78, 5) is 3.60. The van der Waals surface area contributed by atoms with Crippen LogP contribution < -0.4 is 0 Å². The predicted molar refractivity (Wildman–Crippen MR) is 47.6 cm³/mol. The number of rotatable bonds is 4. The fourth-order valence-electron chi connectivity index (χ4n) is 1.15. The molecule has 7 heteroatoms. The standard InChI is InChI=1S/C7H12BF3N3/c1-6(2)4-14-7(12-5-13-14)3-8(9,10)11/h5-6H,3-4H2,1-2H3/q-1. The van der Waals surface area contributed by atoms with Crippen molar-refractivity contribution in [3.8, 4) is 0 Å². The van der Waals surface area contributed by atoms with Gasteiger partial charge in [0.1, 0.15) is 12.2 Å². The SMILES string of the molecule is CC(C)Cn1ncnc1C[B-](F)(F)F. The van der Waals surface area contributed by atoms with Crippen LogP contribution in [-0.4, -0.2) is 21.7 Å². The van der Waals surface area contributed by atoms with Gasteiger partial charge < -0.3 is 12.9 Å². The summed E-state index contributed by atoms with van der Waals surface area (Å²) in [7, 11) is 0. The van der Waals surface area contributed by atoms with E-state index in [0.29, 0.717) is 6.54 Å². The van der Waals surface area contributed by atoms with Crippen molar-refractivity contribution in [1.29, 1.82) is 0 Å². The first-order chi connectivity index (χ1) is 6.38. The third kappa shape index (κ3) is 3.39. The minimum absolute atomic E-state index is 0.00574. The molecule has 0 unspecified atom stereocenters.